The van der Waals surface area contributed by atoms with E-state index in [4.69, 9.17) is 4.74 Å². The van der Waals surface area contributed by atoms with Crippen LogP contribution in [-0.4, -0.2) is 55.6 Å². The molecule has 0 N–H and O–H groups in total. The van der Waals surface area contributed by atoms with Gasteiger partial charge in [0.05, 0.1) is 19.4 Å². The predicted octanol–water partition coefficient (Wildman–Crippen LogP) is 1.14. The highest BCUT2D eigenvalue weighted by Gasteiger charge is 2.21. The number of hydrogen-bond donors (Lipinski definition) is 0. The molecular formula is C19H24N4O4. The third-order valence-corrected chi connectivity index (χ3v) is 4.47. The molecule has 3 rings (SSSR count). The molecule has 2 aromatic rings. The van der Waals surface area contributed by atoms with Crippen molar-refractivity contribution in [2.24, 2.45) is 0 Å². The number of ether oxygens (including phenoxy) is 2. The summed E-state index contributed by atoms with van der Waals surface area (Å²) in [6, 6.07) is 11.2. The van der Waals surface area contributed by atoms with Gasteiger partial charge in [-0.1, -0.05) is 12.1 Å². The third-order valence-electron chi connectivity index (χ3n) is 4.47. The van der Waals surface area contributed by atoms with Gasteiger partial charge in [-0.05, 0) is 25.1 Å². The maximum absolute atomic E-state index is 11.9. The standard InChI is InChI=1S/C19H24N4O4/c1-3-27-16-7-5-4-6-15(16)21-10-12-22(13-11-21)17-8-9-18(24)23(20-17)14-19(25)26-2/h4-9H,3,10-14H2,1-2H3. The van der Waals surface area contributed by atoms with E-state index in [0.717, 1.165) is 42.3 Å². The average Bonchev–Trinajstić information content (AvgIpc) is 2.70. The molecule has 0 unspecified atom stereocenters. The lowest BCUT2D eigenvalue weighted by atomic mass is 10.2. The van der Waals surface area contributed by atoms with E-state index >= 15 is 0 Å². The van der Waals surface area contributed by atoms with Crippen LogP contribution in [0.5, 0.6) is 5.75 Å². The molecule has 0 saturated carbocycles. The van der Waals surface area contributed by atoms with E-state index in [9.17, 15) is 9.59 Å². The van der Waals surface area contributed by atoms with Crippen LogP contribution in [0.3, 0.4) is 0 Å². The van der Waals surface area contributed by atoms with Crippen LogP contribution < -0.4 is 20.1 Å². The Morgan fingerprint density at radius 3 is 2.48 bits per heavy atom. The molecule has 1 aromatic carbocycles. The second-order valence-electron chi connectivity index (χ2n) is 6.14. The molecule has 0 atom stereocenters. The molecule has 144 valence electrons. The number of rotatable bonds is 6. The predicted molar refractivity (Wildman–Crippen MR) is 103 cm³/mol. The summed E-state index contributed by atoms with van der Waals surface area (Å²) in [5, 5.41) is 4.31. The topological polar surface area (TPSA) is 76.9 Å². The van der Waals surface area contributed by atoms with Crippen LogP contribution in [0.2, 0.25) is 0 Å². The van der Waals surface area contributed by atoms with Crippen molar-refractivity contribution in [1.82, 2.24) is 9.78 Å². The summed E-state index contributed by atoms with van der Waals surface area (Å²) in [6.45, 7) is 5.54. The van der Waals surface area contributed by atoms with Gasteiger partial charge in [0, 0.05) is 32.2 Å². The number of esters is 1. The highest BCUT2D eigenvalue weighted by Crippen LogP contribution is 2.29. The van der Waals surface area contributed by atoms with Gasteiger partial charge >= 0.3 is 5.97 Å². The Bertz CT molecular complexity index is 844. The normalized spacial score (nSPS) is 14.1. The minimum Gasteiger partial charge on any atom is -0.492 e. The quantitative estimate of drug-likeness (QED) is 0.704. The fourth-order valence-electron chi connectivity index (χ4n) is 3.08. The first kappa shape index (κ1) is 18.8. The highest BCUT2D eigenvalue weighted by molar-refractivity contribution is 5.68. The van der Waals surface area contributed by atoms with Crippen LogP contribution in [-0.2, 0) is 16.1 Å². The number of methoxy groups -OCH3 is 1. The van der Waals surface area contributed by atoms with E-state index in [1.165, 1.54) is 13.2 Å². The van der Waals surface area contributed by atoms with Gasteiger partial charge < -0.3 is 19.3 Å². The molecule has 2 heterocycles. The lowest BCUT2D eigenvalue weighted by molar-refractivity contribution is -0.141. The molecule has 0 amide bonds. The van der Waals surface area contributed by atoms with E-state index < -0.39 is 5.97 Å². The molecule has 0 radical (unpaired) electrons. The van der Waals surface area contributed by atoms with Gasteiger partial charge in [0.2, 0.25) is 0 Å². The van der Waals surface area contributed by atoms with E-state index in [1.54, 1.807) is 6.07 Å². The van der Waals surface area contributed by atoms with Gasteiger partial charge in [-0.2, -0.15) is 5.10 Å². The summed E-state index contributed by atoms with van der Waals surface area (Å²) >= 11 is 0. The van der Waals surface area contributed by atoms with Gasteiger partial charge in [0.25, 0.3) is 5.56 Å². The van der Waals surface area contributed by atoms with Crippen LogP contribution in [0.15, 0.2) is 41.2 Å². The van der Waals surface area contributed by atoms with Gasteiger partial charge in [-0.3, -0.25) is 9.59 Å². The highest BCUT2D eigenvalue weighted by atomic mass is 16.5. The lowest BCUT2D eigenvalue weighted by Gasteiger charge is -2.37. The van der Waals surface area contributed by atoms with Crippen molar-refractivity contribution in [3.63, 3.8) is 0 Å². The summed E-state index contributed by atoms with van der Waals surface area (Å²) in [7, 11) is 1.29. The molecule has 8 nitrogen and oxygen atoms in total. The van der Waals surface area contributed by atoms with Crippen molar-refractivity contribution in [3.8, 4) is 5.75 Å². The average molecular weight is 372 g/mol. The Balaban J connectivity index is 1.70. The van der Waals surface area contributed by atoms with Crippen molar-refractivity contribution in [1.29, 1.82) is 0 Å². The summed E-state index contributed by atoms with van der Waals surface area (Å²) in [5.74, 6) is 1.06. The van der Waals surface area contributed by atoms with Crippen molar-refractivity contribution < 1.29 is 14.3 Å². The number of nitrogens with zero attached hydrogens (tertiary/aromatic N) is 4. The van der Waals surface area contributed by atoms with Crippen LogP contribution >= 0.6 is 0 Å². The van der Waals surface area contributed by atoms with Gasteiger partial charge in [-0.15, -0.1) is 0 Å². The molecule has 0 spiro atoms. The zero-order valence-corrected chi connectivity index (χ0v) is 15.6. The fraction of sp³-hybridized carbons (Fsp3) is 0.421. The first-order chi connectivity index (χ1) is 13.1. The van der Waals surface area contributed by atoms with Gasteiger partial charge in [-0.25, -0.2) is 4.68 Å². The lowest BCUT2D eigenvalue weighted by Crippen LogP contribution is -2.47. The van der Waals surface area contributed by atoms with Crippen LogP contribution in [0.4, 0.5) is 11.5 Å². The summed E-state index contributed by atoms with van der Waals surface area (Å²) in [4.78, 5) is 27.7. The number of carbonyl (C=O) groups is 1. The molecular weight excluding hydrogens is 348 g/mol. The van der Waals surface area contributed by atoms with E-state index in [2.05, 4.69) is 25.7 Å². The smallest absolute Gasteiger partial charge is 0.327 e. The van der Waals surface area contributed by atoms with Gasteiger partial charge in [0.15, 0.2) is 0 Å². The van der Waals surface area contributed by atoms with Crippen LogP contribution in [0.25, 0.3) is 0 Å². The summed E-state index contributed by atoms with van der Waals surface area (Å²) < 4.78 is 11.5. The SMILES string of the molecule is CCOc1ccccc1N1CCN(c2ccc(=O)n(CC(=O)OC)n2)CC1. The molecule has 1 aromatic heterocycles. The van der Waals surface area contributed by atoms with Crippen molar-refractivity contribution in [3.05, 3.63) is 46.8 Å². The molecule has 27 heavy (non-hydrogen) atoms. The first-order valence-corrected chi connectivity index (χ1v) is 8.99. The van der Waals surface area contributed by atoms with Gasteiger partial charge in [0.1, 0.15) is 18.1 Å². The zero-order chi connectivity index (χ0) is 19.2. The zero-order valence-electron chi connectivity index (χ0n) is 15.6. The summed E-state index contributed by atoms with van der Waals surface area (Å²) in [5.41, 5.74) is 0.760. The molecule has 8 heteroatoms. The molecule has 1 aliphatic rings. The number of hydrogen-bond acceptors (Lipinski definition) is 7. The van der Waals surface area contributed by atoms with E-state index in [-0.39, 0.29) is 12.1 Å². The maximum Gasteiger partial charge on any atom is 0.327 e. The number of carbonyl (C=O) groups excluding carboxylic acids is 1. The first-order valence-electron chi connectivity index (χ1n) is 8.99. The maximum atomic E-state index is 11.9. The minimum atomic E-state index is -0.501. The fourth-order valence-corrected chi connectivity index (χ4v) is 3.08. The Kier molecular flexibility index (Phi) is 5.95. The minimum absolute atomic E-state index is 0.190. The molecule has 0 bridgehead atoms. The molecule has 0 aliphatic carbocycles. The monoisotopic (exact) mass is 372 g/mol. The third kappa shape index (κ3) is 4.39. The largest absolute Gasteiger partial charge is 0.492 e. The van der Waals surface area contributed by atoms with Crippen molar-refractivity contribution in [2.75, 3.05) is 49.7 Å². The Morgan fingerprint density at radius 1 is 1.07 bits per heavy atom. The number of piperazine rings is 1. The Hall–Kier alpha value is -3.03. The number of benzene rings is 1. The second-order valence-corrected chi connectivity index (χ2v) is 6.14. The Morgan fingerprint density at radius 2 is 1.78 bits per heavy atom. The summed E-state index contributed by atoms with van der Waals surface area (Å²) in [6.07, 6.45) is 0. The van der Waals surface area contributed by atoms with Crippen molar-refractivity contribution >= 4 is 17.5 Å². The van der Waals surface area contributed by atoms with Crippen LogP contribution in [0.1, 0.15) is 6.92 Å². The number of aromatic nitrogens is 2. The molecule has 1 saturated heterocycles. The van der Waals surface area contributed by atoms with E-state index in [0.29, 0.717) is 12.4 Å². The second kappa shape index (κ2) is 8.57. The molecule has 1 fully saturated rings. The van der Waals surface area contributed by atoms with Crippen molar-refractivity contribution in [2.45, 2.75) is 13.5 Å². The Labute approximate surface area is 157 Å². The molecule has 1 aliphatic heterocycles. The number of para-hydroxylation sites is 2. The van der Waals surface area contributed by atoms with Crippen LogP contribution in [0, 0.1) is 0 Å². The number of anilines is 2. The van der Waals surface area contributed by atoms with E-state index in [1.807, 2.05) is 25.1 Å².